The Labute approximate surface area is 105 Å². The lowest BCUT2D eigenvalue weighted by Gasteiger charge is -2.05. The van der Waals surface area contributed by atoms with Crippen molar-refractivity contribution in [1.82, 2.24) is 19.7 Å². The van der Waals surface area contributed by atoms with E-state index < -0.39 is 0 Å². The third-order valence-electron chi connectivity index (χ3n) is 2.63. The van der Waals surface area contributed by atoms with Gasteiger partial charge >= 0.3 is 0 Å². The van der Waals surface area contributed by atoms with Crippen molar-refractivity contribution < 1.29 is 0 Å². The molecular formula is C11H16ClN5. The molecule has 2 heterocycles. The summed E-state index contributed by atoms with van der Waals surface area (Å²) in [5.74, 6) is 1.59. The predicted molar refractivity (Wildman–Crippen MR) is 69.4 cm³/mol. The third kappa shape index (κ3) is 2.85. The molecule has 5 nitrogen and oxygen atoms in total. The summed E-state index contributed by atoms with van der Waals surface area (Å²) in [5, 5.41) is 8.45. The lowest BCUT2D eigenvalue weighted by molar-refractivity contribution is 0.746. The molecule has 92 valence electrons. The molecule has 0 saturated heterocycles. The highest BCUT2D eigenvalue weighted by atomic mass is 35.5. The van der Waals surface area contributed by atoms with Gasteiger partial charge < -0.3 is 5.32 Å². The number of anilines is 1. The van der Waals surface area contributed by atoms with Crippen LogP contribution in [0.2, 0.25) is 0 Å². The van der Waals surface area contributed by atoms with Crippen LogP contribution in [0.15, 0.2) is 12.5 Å². The van der Waals surface area contributed by atoms with E-state index in [1.54, 1.807) is 17.2 Å². The van der Waals surface area contributed by atoms with Crippen LogP contribution in [0.1, 0.15) is 19.3 Å². The average molecular weight is 254 g/mol. The van der Waals surface area contributed by atoms with Crippen molar-refractivity contribution in [2.24, 2.45) is 7.05 Å². The number of rotatable bonds is 6. The number of aryl methyl sites for hydroxylation is 1. The molecule has 0 amide bonds. The highest BCUT2D eigenvalue weighted by Crippen LogP contribution is 2.17. The van der Waals surface area contributed by atoms with Crippen molar-refractivity contribution in [3.8, 4) is 0 Å². The number of halogens is 1. The molecule has 2 aromatic rings. The molecule has 0 radical (unpaired) electrons. The van der Waals surface area contributed by atoms with E-state index in [0.29, 0.717) is 0 Å². The number of unbranched alkanes of at least 4 members (excludes halogenated alkanes) is 2. The molecule has 0 aliphatic carbocycles. The largest absolute Gasteiger partial charge is 0.369 e. The van der Waals surface area contributed by atoms with Crippen LogP contribution in [0.3, 0.4) is 0 Å². The van der Waals surface area contributed by atoms with Gasteiger partial charge in [-0.2, -0.15) is 5.10 Å². The fourth-order valence-corrected chi connectivity index (χ4v) is 1.89. The molecule has 1 N–H and O–H groups in total. The number of alkyl halides is 1. The Morgan fingerprint density at radius 3 is 3.00 bits per heavy atom. The topological polar surface area (TPSA) is 55.6 Å². The molecule has 0 aliphatic heterocycles. The highest BCUT2D eigenvalue weighted by Gasteiger charge is 2.06. The van der Waals surface area contributed by atoms with E-state index in [2.05, 4.69) is 20.4 Å². The highest BCUT2D eigenvalue weighted by molar-refractivity contribution is 6.17. The van der Waals surface area contributed by atoms with Crippen LogP contribution in [-0.4, -0.2) is 32.2 Å². The van der Waals surface area contributed by atoms with Gasteiger partial charge in [0.25, 0.3) is 0 Å². The number of nitrogens with one attached hydrogen (secondary N) is 1. The maximum absolute atomic E-state index is 5.63. The van der Waals surface area contributed by atoms with Crippen LogP contribution in [0.25, 0.3) is 11.0 Å². The lowest BCUT2D eigenvalue weighted by atomic mass is 10.2. The van der Waals surface area contributed by atoms with Crippen LogP contribution in [-0.2, 0) is 7.05 Å². The van der Waals surface area contributed by atoms with Gasteiger partial charge in [0, 0.05) is 19.5 Å². The molecule has 0 bridgehead atoms. The van der Waals surface area contributed by atoms with Crippen LogP contribution < -0.4 is 5.32 Å². The zero-order valence-electron chi connectivity index (χ0n) is 9.86. The second-order valence-electron chi connectivity index (χ2n) is 3.90. The van der Waals surface area contributed by atoms with Gasteiger partial charge in [-0.1, -0.05) is 6.42 Å². The monoisotopic (exact) mass is 253 g/mol. The Morgan fingerprint density at radius 2 is 2.18 bits per heavy atom. The zero-order valence-corrected chi connectivity index (χ0v) is 10.6. The van der Waals surface area contributed by atoms with E-state index >= 15 is 0 Å². The van der Waals surface area contributed by atoms with E-state index in [-0.39, 0.29) is 0 Å². The van der Waals surface area contributed by atoms with Gasteiger partial charge in [0.15, 0.2) is 5.65 Å². The summed E-state index contributed by atoms with van der Waals surface area (Å²) in [6.45, 7) is 0.901. The molecular weight excluding hydrogens is 238 g/mol. The molecule has 0 aliphatic rings. The molecule has 17 heavy (non-hydrogen) atoms. The second-order valence-corrected chi connectivity index (χ2v) is 4.28. The first-order valence-electron chi connectivity index (χ1n) is 5.75. The summed E-state index contributed by atoms with van der Waals surface area (Å²) in [4.78, 5) is 8.43. The minimum Gasteiger partial charge on any atom is -0.369 e. The second kappa shape index (κ2) is 5.82. The smallest absolute Gasteiger partial charge is 0.163 e. The minimum absolute atomic E-state index is 0.736. The first kappa shape index (κ1) is 12.1. The lowest BCUT2D eigenvalue weighted by Crippen LogP contribution is -2.04. The molecule has 2 rings (SSSR count). The molecule has 0 unspecified atom stereocenters. The van der Waals surface area contributed by atoms with Crippen molar-refractivity contribution in [2.75, 3.05) is 17.7 Å². The summed E-state index contributed by atoms with van der Waals surface area (Å²) < 4.78 is 1.75. The maximum atomic E-state index is 5.63. The fourth-order valence-electron chi connectivity index (χ4n) is 1.71. The van der Waals surface area contributed by atoms with Crippen molar-refractivity contribution in [3.05, 3.63) is 12.5 Å². The Bertz CT molecular complexity index is 482. The molecule has 0 spiro atoms. The fraction of sp³-hybridized carbons (Fsp3) is 0.545. The summed E-state index contributed by atoms with van der Waals surface area (Å²) >= 11 is 5.63. The van der Waals surface area contributed by atoms with Gasteiger partial charge in [-0.05, 0) is 12.8 Å². The third-order valence-corrected chi connectivity index (χ3v) is 2.90. The van der Waals surface area contributed by atoms with Crippen molar-refractivity contribution >= 4 is 28.5 Å². The van der Waals surface area contributed by atoms with E-state index in [4.69, 9.17) is 11.6 Å². The minimum atomic E-state index is 0.736. The van der Waals surface area contributed by atoms with Crippen molar-refractivity contribution in [3.63, 3.8) is 0 Å². The molecule has 0 fully saturated rings. The van der Waals surface area contributed by atoms with Crippen LogP contribution in [0.5, 0.6) is 0 Å². The van der Waals surface area contributed by atoms with E-state index in [0.717, 1.165) is 48.5 Å². The Balaban J connectivity index is 1.99. The molecule has 6 heteroatoms. The van der Waals surface area contributed by atoms with E-state index in [9.17, 15) is 0 Å². The molecule has 0 atom stereocenters. The SMILES string of the molecule is Cn1ncc2c(NCCCCCCl)ncnc21. The van der Waals surface area contributed by atoms with Crippen molar-refractivity contribution in [2.45, 2.75) is 19.3 Å². The quantitative estimate of drug-likeness (QED) is 0.633. The number of nitrogens with zero attached hydrogens (tertiary/aromatic N) is 4. The van der Waals surface area contributed by atoms with Gasteiger partial charge in [-0.15, -0.1) is 11.6 Å². The van der Waals surface area contributed by atoms with Crippen LogP contribution >= 0.6 is 11.6 Å². The standard InChI is InChI=1S/C11H16ClN5/c1-17-11-9(7-16-17)10(14-8-15-11)13-6-4-2-3-5-12/h7-8H,2-6H2,1H3,(H,13,14,15). The van der Waals surface area contributed by atoms with Gasteiger partial charge in [0.1, 0.15) is 12.1 Å². The van der Waals surface area contributed by atoms with Gasteiger partial charge in [-0.3, -0.25) is 4.68 Å². The molecule has 2 aromatic heterocycles. The number of hydrogen-bond donors (Lipinski definition) is 1. The summed E-state index contributed by atoms with van der Waals surface area (Å²) in [6.07, 6.45) is 6.65. The van der Waals surface area contributed by atoms with Crippen molar-refractivity contribution in [1.29, 1.82) is 0 Å². The molecule has 0 aromatic carbocycles. The first-order chi connectivity index (χ1) is 8.33. The predicted octanol–water partition coefficient (Wildman–Crippen LogP) is 2.18. The van der Waals surface area contributed by atoms with Crippen LogP contribution in [0, 0.1) is 0 Å². The zero-order chi connectivity index (χ0) is 12.1. The average Bonchev–Trinajstić information content (AvgIpc) is 2.72. The summed E-state index contributed by atoms with van der Waals surface area (Å²) in [6, 6.07) is 0. The molecule has 0 saturated carbocycles. The Hall–Kier alpha value is -1.36. The van der Waals surface area contributed by atoms with E-state index in [1.165, 1.54) is 0 Å². The number of fused-ring (bicyclic) bond motifs is 1. The summed E-state index contributed by atoms with van der Waals surface area (Å²) in [5.41, 5.74) is 0.850. The van der Waals surface area contributed by atoms with E-state index in [1.807, 2.05) is 7.05 Å². The first-order valence-corrected chi connectivity index (χ1v) is 6.29. The Kier molecular flexibility index (Phi) is 4.14. The summed E-state index contributed by atoms with van der Waals surface area (Å²) in [7, 11) is 1.87. The van der Waals surface area contributed by atoms with Gasteiger partial charge in [-0.25, -0.2) is 9.97 Å². The normalized spacial score (nSPS) is 10.9. The van der Waals surface area contributed by atoms with Crippen LogP contribution in [0.4, 0.5) is 5.82 Å². The van der Waals surface area contributed by atoms with Gasteiger partial charge in [0.05, 0.1) is 11.6 Å². The number of aromatic nitrogens is 4. The Morgan fingerprint density at radius 1 is 1.29 bits per heavy atom. The maximum Gasteiger partial charge on any atom is 0.163 e. The number of hydrogen-bond acceptors (Lipinski definition) is 4. The van der Waals surface area contributed by atoms with Gasteiger partial charge in [0.2, 0.25) is 0 Å².